The molecule has 0 aliphatic heterocycles. The highest BCUT2D eigenvalue weighted by Crippen LogP contribution is 2.27. The summed E-state index contributed by atoms with van der Waals surface area (Å²) in [5, 5.41) is 3.03. The Morgan fingerprint density at radius 3 is 2.33 bits per heavy atom. The Bertz CT molecular complexity index is 1430. The number of nitrogens with zero attached hydrogens (tertiary/aromatic N) is 1. The molecular formula is C28H30N4O3S. The average Bonchev–Trinajstić information content (AvgIpc) is 3.34. The Morgan fingerprint density at radius 1 is 0.917 bits per heavy atom. The van der Waals surface area contributed by atoms with Crippen LogP contribution in [0.4, 0.5) is 0 Å². The van der Waals surface area contributed by atoms with Gasteiger partial charge in [0.1, 0.15) is 5.82 Å². The van der Waals surface area contributed by atoms with E-state index in [9.17, 15) is 13.2 Å². The second kappa shape index (κ2) is 10.6. The van der Waals surface area contributed by atoms with Gasteiger partial charge in [-0.3, -0.25) is 4.79 Å². The van der Waals surface area contributed by atoms with Gasteiger partial charge in [-0.1, -0.05) is 60.7 Å². The Kier molecular flexibility index (Phi) is 7.16. The summed E-state index contributed by atoms with van der Waals surface area (Å²) in [6, 6.07) is 24.6. The Hall–Kier alpha value is -3.49. The van der Waals surface area contributed by atoms with Crippen molar-refractivity contribution in [2.45, 2.75) is 43.0 Å². The van der Waals surface area contributed by atoms with Crippen LogP contribution in [0, 0.1) is 5.92 Å². The van der Waals surface area contributed by atoms with Crippen LogP contribution in [-0.4, -0.2) is 36.9 Å². The molecule has 0 radical (unpaired) electrons. The molecule has 1 aromatic heterocycles. The number of hydrogen-bond acceptors (Lipinski definition) is 4. The molecule has 3 N–H and O–H groups in total. The molecule has 8 heteroatoms. The number of benzene rings is 3. The summed E-state index contributed by atoms with van der Waals surface area (Å²) in [7, 11) is -3.69. The van der Waals surface area contributed by atoms with Gasteiger partial charge in [0.05, 0.1) is 15.9 Å². The number of fused-ring (bicyclic) bond motifs is 1. The third kappa shape index (κ3) is 5.66. The topological polar surface area (TPSA) is 104 Å². The van der Waals surface area contributed by atoms with E-state index in [4.69, 9.17) is 0 Å². The van der Waals surface area contributed by atoms with Crippen molar-refractivity contribution in [3.8, 4) is 11.4 Å². The molecule has 7 nitrogen and oxygen atoms in total. The minimum atomic E-state index is -3.69. The second-order valence-electron chi connectivity index (χ2n) is 9.33. The molecule has 1 heterocycles. The standard InChI is InChI=1S/C28H30N4O3S/c33-28(29-18-17-20-7-3-1-4-8-20)22-11-13-23(14-12-22)32-36(34,35)24-15-16-25-26(19-24)31-27(30-25)21-9-5-2-6-10-21/h1-10,15-16,19,22-23,32H,11-14,17-18H2,(H,29,33)(H,30,31)/t22-,23-. The molecule has 0 atom stereocenters. The summed E-state index contributed by atoms with van der Waals surface area (Å²) >= 11 is 0. The number of sulfonamides is 1. The SMILES string of the molecule is O=C(NCCc1ccccc1)[C@H]1CC[C@H](NS(=O)(=O)c2ccc3[nH]c(-c4ccccc4)nc3c2)CC1. The number of carbonyl (C=O) groups excluding carboxylic acids is 1. The first-order valence-electron chi connectivity index (χ1n) is 12.4. The summed E-state index contributed by atoms with van der Waals surface area (Å²) in [5.41, 5.74) is 3.52. The van der Waals surface area contributed by atoms with Crippen LogP contribution in [0.3, 0.4) is 0 Å². The Labute approximate surface area is 211 Å². The molecule has 186 valence electrons. The zero-order valence-electron chi connectivity index (χ0n) is 20.0. The molecule has 1 aliphatic carbocycles. The van der Waals surface area contributed by atoms with Crippen molar-refractivity contribution in [3.05, 3.63) is 84.4 Å². The van der Waals surface area contributed by atoms with Crippen molar-refractivity contribution in [2.24, 2.45) is 5.92 Å². The van der Waals surface area contributed by atoms with Gasteiger partial charge in [-0.2, -0.15) is 0 Å². The van der Waals surface area contributed by atoms with Crippen molar-refractivity contribution in [2.75, 3.05) is 6.54 Å². The lowest BCUT2D eigenvalue weighted by Gasteiger charge is -2.28. The highest BCUT2D eigenvalue weighted by molar-refractivity contribution is 7.89. The Balaban J connectivity index is 1.15. The van der Waals surface area contributed by atoms with Crippen LogP contribution in [0.1, 0.15) is 31.2 Å². The van der Waals surface area contributed by atoms with Crippen LogP contribution in [0.5, 0.6) is 0 Å². The fourth-order valence-corrected chi connectivity index (χ4v) is 6.09. The van der Waals surface area contributed by atoms with Gasteiger partial charge in [0.2, 0.25) is 15.9 Å². The quantitative estimate of drug-likeness (QED) is 0.332. The lowest BCUT2D eigenvalue weighted by Crippen LogP contribution is -2.41. The average molecular weight is 503 g/mol. The fourth-order valence-electron chi connectivity index (χ4n) is 4.77. The van der Waals surface area contributed by atoms with E-state index in [1.54, 1.807) is 18.2 Å². The molecule has 36 heavy (non-hydrogen) atoms. The van der Waals surface area contributed by atoms with Crippen molar-refractivity contribution < 1.29 is 13.2 Å². The van der Waals surface area contributed by atoms with E-state index in [1.807, 2.05) is 48.5 Å². The van der Waals surface area contributed by atoms with Gasteiger partial charge in [0.15, 0.2) is 0 Å². The van der Waals surface area contributed by atoms with Crippen molar-refractivity contribution in [1.82, 2.24) is 20.0 Å². The van der Waals surface area contributed by atoms with E-state index in [-0.39, 0.29) is 22.8 Å². The zero-order chi connectivity index (χ0) is 25.0. The van der Waals surface area contributed by atoms with Gasteiger partial charge in [-0.15, -0.1) is 0 Å². The largest absolute Gasteiger partial charge is 0.356 e. The second-order valence-corrected chi connectivity index (χ2v) is 11.0. The monoisotopic (exact) mass is 502 g/mol. The van der Waals surface area contributed by atoms with Crippen molar-refractivity contribution >= 4 is 27.0 Å². The van der Waals surface area contributed by atoms with Crippen LogP contribution in [0.25, 0.3) is 22.4 Å². The molecule has 1 amide bonds. The van der Waals surface area contributed by atoms with Crippen LogP contribution >= 0.6 is 0 Å². The van der Waals surface area contributed by atoms with Crippen molar-refractivity contribution in [1.29, 1.82) is 0 Å². The smallest absolute Gasteiger partial charge is 0.240 e. The third-order valence-corrected chi connectivity index (χ3v) is 8.31. The lowest BCUT2D eigenvalue weighted by molar-refractivity contribution is -0.125. The van der Waals surface area contributed by atoms with Gasteiger partial charge in [0, 0.05) is 24.1 Å². The maximum absolute atomic E-state index is 13.1. The molecular weight excluding hydrogens is 472 g/mol. The maximum atomic E-state index is 13.1. The van der Waals surface area contributed by atoms with Gasteiger partial charge in [-0.05, 0) is 55.9 Å². The van der Waals surface area contributed by atoms with E-state index in [0.29, 0.717) is 43.6 Å². The maximum Gasteiger partial charge on any atom is 0.240 e. The minimum Gasteiger partial charge on any atom is -0.356 e. The normalized spacial score (nSPS) is 18.2. The zero-order valence-corrected chi connectivity index (χ0v) is 20.8. The van der Waals surface area contributed by atoms with E-state index in [2.05, 4.69) is 32.1 Å². The van der Waals surface area contributed by atoms with Crippen molar-refractivity contribution in [3.63, 3.8) is 0 Å². The van der Waals surface area contributed by atoms with Gasteiger partial charge < -0.3 is 10.3 Å². The third-order valence-electron chi connectivity index (χ3n) is 6.79. The predicted molar refractivity (Wildman–Crippen MR) is 141 cm³/mol. The molecule has 3 aromatic carbocycles. The highest BCUT2D eigenvalue weighted by atomic mass is 32.2. The van der Waals surface area contributed by atoms with Crippen LogP contribution in [0.15, 0.2) is 83.8 Å². The summed E-state index contributed by atoms with van der Waals surface area (Å²) in [5.74, 6) is 0.692. The number of rotatable bonds is 8. The first-order chi connectivity index (χ1) is 17.5. The van der Waals surface area contributed by atoms with Crippen LogP contribution in [0.2, 0.25) is 0 Å². The molecule has 5 rings (SSSR count). The van der Waals surface area contributed by atoms with Crippen LogP contribution < -0.4 is 10.0 Å². The highest BCUT2D eigenvalue weighted by Gasteiger charge is 2.29. The number of amides is 1. The number of aromatic amines is 1. The molecule has 4 aromatic rings. The molecule has 0 unspecified atom stereocenters. The summed E-state index contributed by atoms with van der Waals surface area (Å²) in [4.78, 5) is 20.6. The number of H-pyrrole nitrogens is 1. The van der Waals surface area contributed by atoms with Gasteiger partial charge >= 0.3 is 0 Å². The summed E-state index contributed by atoms with van der Waals surface area (Å²) in [6.45, 7) is 0.608. The van der Waals surface area contributed by atoms with E-state index >= 15 is 0 Å². The van der Waals surface area contributed by atoms with E-state index in [1.165, 1.54) is 5.56 Å². The van der Waals surface area contributed by atoms with E-state index < -0.39 is 10.0 Å². The number of hydrogen-bond donors (Lipinski definition) is 3. The molecule has 0 spiro atoms. The van der Waals surface area contributed by atoms with Gasteiger partial charge in [0.25, 0.3) is 0 Å². The summed E-state index contributed by atoms with van der Waals surface area (Å²) in [6.07, 6.45) is 3.42. The molecule has 0 saturated heterocycles. The molecule has 0 bridgehead atoms. The number of carbonyl (C=O) groups is 1. The predicted octanol–water partition coefficient (Wildman–Crippen LogP) is 4.43. The first kappa shape index (κ1) is 24.2. The van der Waals surface area contributed by atoms with E-state index in [0.717, 1.165) is 17.5 Å². The van der Waals surface area contributed by atoms with Crippen LogP contribution in [-0.2, 0) is 21.2 Å². The molecule has 1 saturated carbocycles. The number of aromatic nitrogens is 2. The fraction of sp³-hybridized carbons (Fsp3) is 0.286. The lowest BCUT2D eigenvalue weighted by atomic mass is 9.86. The number of nitrogens with one attached hydrogen (secondary N) is 3. The van der Waals surface area contributed by atoms with Gasteiger partial charge in [-0.25, -0.2) is 18.1 Å². The Morgan fingerprint density at radius 2 is 1.61 bits per heavy atom. The molecule has 1 aliphatic rings. The number of imidazole rings is 1. The minimum absolute atomic E-state index is 0.0606. The first-order valence-corrected chi connectivity index (χ1v) is 13.9. The summed E-state index contributed by atoms with van der Waals surface area (Å²) < 4.78 is 29.0. The molecule has 1 fully saturated rings.